The Hall–Kier alpha value is -3.25. The highest BCUT2D eigenvalue weighted by atomic mass is 32.1. The summed E-state index contributed by atoms with van der Waals surface area (Å²) in [5, 5.41) is 3.49. The molecule has 0 spiro atoms. The molecule has 4 aromatic rings. The van der Waals surface area contributed by atoms with Crippen LogP contribution in [0.5, 0.6) is 0 Å². The molecule has 6 heteroatoms. The van der Waals surface area contributed by atoms with Crippen molar-refractivity contribution < 1.29 is 9.21 Å². The van der Waals surface area contributed by atoms with Gasteiger partial charge in [-0.3, -0.25) is 4.79 Å². The fourth-order valence-corrected chi connectivity index (χ4v) is 3.96. The first kappa shape index (κ1) is 20.0. The van der Waals surface area contributed by atoms with Crippen molar-refractivity contribution in [1.82, 2.24) is 9.97 Å². The number of carbonyl (C=O) groups excluding carboxylic acids is 1. The molecule has 0 radical (unpaired) electrons. The van der Waals surface area contributed by atoms with Crippen LogP contribution in [0.4, 0.5) is 5.13 Å². The maximum atomic E-state index is 12.3. The van der Waals surface area contributed by atoms with Crippen molar-refractivity contribution in [3.05, 3.63) is 88.4 Å². The molecule has 30 heavy (non-hydrogen) atoms. The molecule has 0 atom stereocenters. The minimum atomic E-state index is -0.0958. The Morgan fingerprint density at radius 3 is 2.67 bits per heavy atom. The average molecular weight is 418 g/mol. The molecule has 0 aliphatic carbocycles. The lowest BCUT2D eigenvalue weighted by atomic mass is 10.1. The average Bonchev–Trinajstić information content (AvgIpc) is 3.39. The minimum absolute atomic E-state index is 0.0958. The summed E-state index contributed by atoms with van der Waals surface area (Å²) in [4.78, 5) is 22.0. The van der Waals surface area contributed by atoms with Crippen molar-refractivity contribution in [3.63, 3.8) is 0 Å². The molecule has 0 fully saturated rings. The van der Waals surface area contributed by atoms with Gasteiger partial charge in [-0.15, -0.1) is 11.3 Å². The molecule has 4 rings (SSSR count). The molecule has 0 bridgehead atoms. The van der Waals surface area contributed by atoms with Crippen molar-refractivity contribution in [2.24, 2.45) is 0 Å². The molecule has 2 aromatic heterocycles. The molecule has 2 heterocycles. The van der Waals surface area contributed by atoms with Crippen LogP contribution in [0.3, 0.4) is 0 Å². The third-order valence-corrected chi connectivity index (χ3v) is 5.84. The number of amides is 1. The zero-order valence-electron chi connectivity index (χ0n) is 17.0. The van der Waals surface area contributed by atoms with E-state index in [0.717, 1.165) is 22.6 Å². The zero-order chi connectivity index (χ0) is 20.9. The van der Waals surface area contributed by atoms with E-state index in [1.165, 1.54) is 28.0 Å². The lowest BCUT2D eigenvalue weighted by molar-refractivity contribution is -0.116. The van der Waals surface area contributed by atoms with Crippen molar-refractivity contribution in [2.75, 3.05) is 5.32 Å². The SMILES string of the molecule is Cc1ccc(-c2cnc(CCC(=O)Nc3ncc(Cc4ccccc4)s3)o2)cc1C. The summed E-state index contributed by atoms with van der Waals surface area (Å²) in [6.07, 6.45) is 5.08. The number of carbonyl (C=O) groups is 1. The zero-order valence-corrected chi connectivity index (χ0v) is 17.8. The minimum Gasteiger partial charge on any atom is -0.441 e. The maximum absolute atomic E-state index is 12.3. The van der Waals surface area contributed by atoms with Gasteiger partial charge in [0.05, 0.1) is 6.20 Å². The van der Waals surface area contributed by atoms with Crippen LogP contribution in [0.1, 0.15) is 33.9 Å². The van der Waals surface area contributed by atoms with Gasteiger partial charge in [-0.2, -0.15) is 0 Å². The molecule has 0 aliphatic heterocycles. The van der Waals surface area contributed by atoms with Gasteiger partial charge in [0.25, 0.3) is 0 Å². The number of nitrogens with zero attached hydrogens (tertiary/aromatic N) is 2. The van der Waals surface area contributed by atoms with Crippen molar-refractivity contribution >= 4 is 22.4 Å². The number of benzene rings is 2. The van der Waals surface area contributed by atoms with Gasteiger partial charge < -0.3 is 9.73 Å². The molecule has 0 aliphatic rings. The van der Waals surface area contributed by atoms with Crippen LogP contribution in [0.25, 0.3) is 11.3 Å². The Kier molecular flexibility index (Phi) is 6.05. The molecule has 0 unspecified atom stereocenters. The van der Waals surface area contributed by atoms with E-state index in [4.69, 9.17) is 4.42 Å². The summed E-state index contributed by atoms with van der Waals surface area (Å²) in [5.41, 5.74) is 4.67. The predicted octanol–water partition coefficient (Wildman–Crippen LogP) is 5.58. The fourth-order valence-electron chi connectivity index (χ4n) is 3.10. The first-order valence-corrected chi connectivity index (χ1v) is 10.7. The first-order chi connectivity index (χ1) is 14.6. The number of aromatic nitrogens is 2. The summed E-state index contributed by atoms with van der Waals surface area (Å²) in [6.45, 7) is 4.15. The number of hydrogen-bond acceptors (Lipinski definition) is 5. The second kappa shape index (κ2) is 9.05. The predicted molar refractivity (Wildman–Crippen MR) is 120 cm³/mol. The monoisotopic (exact) mass is 417 g/mol. The summed E-state index contributed by atoms with van der Waals surface area (Å²) >= 11 is 1.50. The second-order valence-electron chi connectivity index (χ2n) is 7.26. The van der Waals surface area contributed by atoms with E-state index < -0.39 is 0 Å². The molecule has 152 valence electrons. The maximum Gasteiger partial charge on any atom is 0.226 e. The van der Waals surface area contributed by atoms with Crippen LogP contribution >= 0.6 is 11.3 Å². The van der Waals surface area contributed by atoms with Crippen molar-refractivity contribution in [2.45, 2.75) is 33.1 Å². The molecule has 5 nitrogen and oxygen atoms in total. The van der Waals surface area contributed by atoms with Crippen LogP contribution in [0, 0.1) is 13.8 Å². The number of aryl methyl sites for hydroxylation is 3. The van der Waals surface area contributed by atoms with E-state index in [1.807, 2.05) is 30.5 Å². The van der Waals surface area contributed by atoms with Crippen molar-refractivity contribution in [1.29, 1.82) is 0 Å². The van der Waals surface area contributed by atoms with E-state index >= 15 is 0 Å². The quantitative estimate of drug-likeness (QED) is 0.426. The molecule has 1 N–H and O–H groups in total. The molecule has 0 saturated carbocycles. The molecular formula is C24H23N3O2S. The second-order valence-corrected chi connectivity index (χ2v) is 8.37. The van der Waals surface area contributed by atoms with Gasteiger partial charge in [-0.1, -0.05) is 42.5 Å². The first-order valence-electron chi connectivity index (χ1n) is 9.87. The van der Waals surface area contributed by atoms with Crippen LogP contribution in [-0.2, 0) is 17.6 Å². The topological polar surface area (TPSA) is 68.0 Å². The standard InChI is InChI=1S/C24H23N3O2S/c1-16-8-9-19(12-17(16)2)21-15-25-23(29-21)11-10-22(28)27-24-26-14-20(30-24)13-18-6-4-3-5-7-18/h3-9,12,14-15H,10-11,13H2,1-2H3,(H,26,27,28). The smallest absolute Gasteiger partial charge is 0.226 e. The number of hydrogen-bond donors (Lipinski definition) is 1. The van der Waals surface area contributed by atoms with E-state index in [9.17, 15) is 4.79 Å². The lowest BCUT2D eigenvalue weighted by Gasteiger charge is -2.02. The van der Waals surface area contributed by atoms with Gasteiger partial charge in [0.1, 0.15) is 0 Å². The van der Waals surface area contributed by atoms with E-state index in [2.05, 4.69) is 53.4 Å². The van der Waals surface area contributed by atoms with E-state index in [1.54, 1.807) is 6.20 Å². The van der Waals surface area contributed by atoms with Gasteiger partial charge >= 0.3 is 0 Å². The van der Waals surface area contributed by atoms with E-state index in [0.29, 0.717) is 23.9 Å². The third kappa shape index (κ3) is 5.02. The van der Waals surface area contributed by atoms with Gasteiger partial charge in [-0.05, 0) is 36.6 Å². The Bertz CT molecular complexity index is 1150. The van der Waals surface area contributed by atoms with Crippen LogP contribution in [0.15, 0.2) is 65.3 Å². The lowest BCUT2D eigenvalue weighted by Crippen LogP contribution is -2.12. The normalized spacial score (nSPS) is 10.9. The number of anilines is 1. The summed E-state index contributed by atoms with van der Waals surface area (Å²) in [5.74, 6) is 1.18. The Labute approximate surface area is 179 Å². The number of rotatable bonds is 7. The Morgan fingerprint density at radius 2 is 1.87 bits per heavy atom. The van der Waals surface area contributed by atoms with Gasteiger partial charge in [0, 0.05) is 35.9 Å². The highest BCUT2D eigenvalue weighted by Gasteiger charge is 2.11. The molecule has 2 aromatic carbocycles. The van der Waals surface area contributed by atoms with Gasteiger partial charge in [0.2, 0.25) is 5.91 Å². The third-order valence-electron chi connectivity index (χ3n) is 4.93. The highest BCUT2D eigenvalue weighted by molar-refractivity contribution is 7.15. The largest absolute Gasteiger partial charge is 0.441 e. The fraction of sp³-hybridized carbons (Fsp3) is 0.208. The van der Waals surface area contributed by atoms with Crippen LogP contribution in [-0.4, -0.2) is 15.9 Å². The summed E-state index contributed by atoms with van der Waals surface area (Å²) in [7, 11) is 0. The number of thiazole rings is 1. The van der Waals surface area contributed by atoms with Crippen molar-refractivity contribution in [3.8, 4) is 11.3 Å². The summed E-state index contributed by atoms with van der Waals surface area (Å²) in [6, 6.07) is 16.4. The highest BCUT2D eigenvalue weighted by Crippen LogP contribution is 2.24. The van der Waals surface area contributed by atoms with Gasteiger partial charge in [-0.25, -0.2) is 9.97 Å². The van der Waals surface area contributed by atoms with Crippen LogP contribution in [0.2, 0.25) is 0 Å². The van der Waals surface area contributed by atoms with Gasteiger partial charge in [0.15, 0.2) is 16.8 Å². The Morgan fingerprint density at radius 1 is 1.03 bits per heavy atom. The molecule has 0 saturated heterocycles. The number of oxazole rings is 1. The number of nitrogens with one attached hydrogen (secondary N) is 1. The molecule has 1 amide bonds. The molecular weight excluding hydrogens is 394 g/mol. The summed E-state index contributed by atoms with van der Waals surface area (Å²) < 4.78 is 5.83. The van der Waals surface area contributed by atoms with E-state index in [-0.39, 0.29) is 5.91 Å². The Balaban J connectivity index is 1.30. The van der Waals surface area contributed by atoms with Crippen LogP contribution < -0.4 is 5.32 Å².